The van der Waals surface area contributed by atoms with Crippen LogP contribution in [0.15, 0.2) is 59.5 Å². The zero-order valence-corrected chi connectivity index (χ0v) is 14.6. The van der Waals surface area contributed by atoms with Crippen LogP contribution >= 0.6 is 0 Å². The fourth-order valence-corrected chi connectivity index (χ4v) is 4.24. The van der Waals surface area contributed by atoms with E-state index in [1.54, 1.807) is 30.3 Å². The van der Waals surface area contributed by atoms with Crippen LogP contribution in [-0.4, -0.2) is 38.9 Å². The van der Waals surface area contributed by atoms with Crippen molar-refractivity contribution in [3.63, 3.8) is 0 Å². The van der Waals surface area contributed by atoms with Crippen LogP contribution in [0, 0.1) is 0 Å². The van der Waals surface area contributed by atoms with Crippen LogP contribution in [0.3, 0.4) is 0 Å². The summed E-state index contributed by atoms with van der Waals surface area (Å²) < 4.78 is 27.1. The van der Waals surface area contributed by atoms with Crippen molar-refractivity contribution in [1.29, 1.82) is 0 Å². The predicted molar refractivity (Wildman–Crippen MR) is 95.3 cm³/mol. The van der Waals surface area contributed by atoms with Crippen molar-refractivity contribution in [2.75, 3.05) is 19.6 Å². The molecular weight excluding hydrogens is 338 g/mol. The van der Waals surface area contributed by atoms with Gasteiger partial charge in [0.05, 0.1) is 4.90 Å². The molecule has 2 aromatic rings. The van der Waals surface area contributed by atoms with Crippen LogP contribution < -0.4 is 10.5 Å². The lowest BCUT2D eigenvalue weighted by Gasteiger charge is -2.35. The molecule has 0 fully saturated rings. The number of nitrogens with two attached hydrogens (primary N) is 1. The highest BCUT2D eigenvalue weighted by Crippen LogP contribution is 2.29. The monoisotopic (exact) mass is 359 g/mol. The van der Waals surface area contributed by atoms with Gasteiger partial charge in [0, 0.05) is 19.6 Å². The van der Waals surface area contributed by atoms with E-state index in [4.69, 9.17) is 5.73 Å². The quantitative estimate of drug-likeness (QED) is 0.806. The molecule has 2 aromatic carbocycles. The molecule has 6 nitrogen and oxygen atoms in total. The number of primary amides is 1. The third-order valence-electron chi connectivity index (χ3n) is 4.40. The van der Waals surface area contributed by atoms with E-state index in [9.17, 15) is 13.2 Å². The number of hydrogen-bond acceptors (Lipinski definition) is 4. The smallest absolute Gasteiger partial charge is 0.240 e. The van der Waals surface area contributed by atoms with Gasteiger partial charge in [0.2, 0.25) is 15.9 Å². The Labute approximate surface area is 147 Å². The molecule has 0 bridgehead atoms. The minimum atomic E-state index is -3.55. The zero-order chi connectivity index (χ0) is 17.9. The Morgan fingerprint density at radius 3 is 2.52 bits per heavy atom. The second kappa shape index (κ2) is 7.35. The number of carbonyl (C=O) groups is 1. The van der Waals surface area contributed by atoms with Gasteiger partial charge in [-0.15, -0.1) is 0 Å². The summed E-state index contributed by atoms with van der Waals surface area (Å²) in [6.45, 7) is 1.29. The Morgan fingerprint density at radius 2 is 1.80 bits per heavy atom. The van der Waals surface area contributed by atoms with Crippen molar-refractivity contribution in [2.24, 2.45) is 5.73 Å². The molecule has 0 saturated heterocycles. The first-order valence-electron chi connectivity index (χ1n) is 8.15. The molecule has 1 unspecified atom stereocenters. The molecule has 3 N–H and O–H groups in total. The maximum atomic E-state index is 12.3. The molecule has 0 spiro atoms. The Bertz CT molecular complexity index is 853. The molecule has 1 amide bonds. The van der Waals surface area contributed by atoms with Crippen LogP contribution in [-0.2, 0) is 21.2 Å². The van der Waals surface area contributed by atoms with E-state index < -0.39 is 22.0 Å². The van der Waals surface area contributed by atoms with E-state index in [2.05, 4.69) is 4.72 Å². The molecule has 1 aliphatic heterocycles. The fourth-order valence-electron chi connectivity index (χ4n) is 3.20. The Balaban J connectivity index is 1.68. The molecule has 0 aromatic heterocycles. The number of hydrogen-bond donors (Lipinski definition) is 2. The van der Waals surface area contributed by atoms with Crippen LogP contribution in [0.5, 0.6) is 0 Å². The molecule has 0 aliphatic carbocycles. The number of sulfonamides is 1. The summed E-state index contributed by atoms with van der Waals surface area (Å²) in [7, 11) is -3.55. The highest BCUT2D eigenvalue weighted by molar-refractivity contribution is 7.89. The van der Waals surface area contributed by atoms with Gasteiger partial charge in [-0.2, -0.15) is 0 Å². The first-order chi connectivity index (χ1) is 12.0. The van der Waals surface area contributed by atoms with Crippen molar-refractivity contribution in [2.45, 2.75) is 17.4 Å². The summed E-state index contributed by atoms with van der Waals surface area (Å²) in [5, 5.41) is 0. The van der Waals surface area contributed by atoms with Crippen LogP contribution in [0.1, 0.15) is 17.2 Å². The number of benzene rings is 2. The molecule has 0 saturated carbocycles. The number of nitrogens with one attached hydrogen (secondary N) is 1. The molecule has 0 radical (unpaired) electrons. The highest BCUT2D eigenvalue weighted by Gasteiger charge is 2.31. The summed E-state index contributed by atoms with van der Waals surface area (Å²) in [6, 6.07) is 15.4. The van der Waals surface area contributed by atoms with Crippen LogP contribution in [0.4, 0.5) is 0 Å². The number of nitrogens with zero attached hydrogens (tertiary/aromatic N) is 1. The van der Waals surface area contributed by atoms with E-state index in [1.807, 2.05) is 29.2 Å². The highest BCUT2D eigenvalue weighted by atomic mass is 32.2. The number of carbonyl (C=O) groups excluding carboxylic acids is 1. The van der Waals surface area contributed by atoms with Crippen LogP contribution in [0.25, 0.3) is 0 Å². The minimum Gasteiger partial charge on any atom is -0.368 e. The topological polar surface area (TPSA) is 92.5 Å². The second-order valence-corrected chi connectivity index (χ2v) is 7.77. The summed E-state index contributed by atoms with van der Waals surface area (Å²) in [5.74, 6) is -0.418. The summed E-state index contributed by atoms with van der Waals surface area (Å²) >= 11 is 0. The van der Waals surface area contributed by atoms with Gasteiger partial charge in [-0.1, -0.05) is 42.5 Å². The Hall–Kier alpha value is -2.22. The average Bonchev–Trinajstić information content (AvgIpc) is 2.61. The predicted octanol–water partition coefficient (Wildman–Crippen LogP) is 1.05. The Kier molecular flexibility index (Phi) is 5.17. The molecule has 132 valence electrons. The first kappa shape index (κ1) is 17.6. The lowest BCUT2D eigenvalue weighted by Crippen LogP contribution is -2.45. The summed E-state index contributed by atoms with van der Waals surface area (Å²) in [6.07, 6.45) is 0.811. The van der Waals surface area contributed by atoms with Crippen molar-refractivity contribution < 1.29 is 13.2 Å². The lowest BCUT2D eigenvalue weighted by molar-refractivity contribution is -0.123. The van der Waals surface area contributed by atoms with Crippen LogP contribution in [0.2, 0.25) is 0 Å². The standard InChI is InChI=1S/C18H21N3O3S/c19-18(22)17-16-9-5-4-6-14(16)10-12-21(17)13-11-20-25(23,24)15-7-2-1-3-8-15/h1-9,17,20H,10-13H2,(H2,19,22). The van der Waals surface area contributed by atoms with Crippen molar-refractivity contribution in [3.8, 4) is 0 Å². The minimum absolute atomic E-state index is 0.211. The van der Waals surface area contributed by atoms with Gasteiger partial charge in [-0.05, 0) is 29.7 Å². The SMILES string of the molecule is NC(=O)C1c2ccccc2CCN1CCNS(=O)(=O)c1ccccc1. The molecule has 7 heteroatoms. The van der Waals surface area contributed by atoms with Gasteiger partial charge in [0.25, 0.3) is 0 Å². The summed E-state index contributed by atoms with van der Waals surface area (Å²) in [4.78, 5) is 14.1. The van der Waals surface area contributed by atoms with E-state index in [0.717, 1.165) is 17.5 Å². The largest absolute Gasteiger partial charge is 0.368 e. The normalized spacial score (nSPS) is 17.8. The van der Waals surface area contributed by atoms with E-state index in [0.29, 0.717) is 13.1 Å². The maximum Gasteiger partial charge on any atom is 0.240 e. The van der Waals surface area contributed by atoms with Gasteiger partial charge < -0.3 is 5.73 Å². The van der Waals surface area contributed by atoms with Gasteiger partial charge in [-0.25, -0.2) is 13.1 Å². The molecule has 1 heterocycles. The van der Waals surface area contributed by atoms with Gasteiger partial charge in [0.1, 0.15) is 6.04 Å². The molecule has 3 rings (SSSR count). The molecule has 1 aliphatic rings. The number of amides is 1. The van der Waals surface area contributed by atoms with Crippen molar-refractivity contribution >= 4 is 15.9 Å². The molecule has 25 heavy (non-hydrogen) atoms. The van der Waals surface area contributed by atoms with E-state index in [1.165, 1.54) is 0 Å². The third kappa shape index (κ3) is 3.89. The van der Waals surface area contributed by atoms with Gasteiger partial charge >= 0.3 is 0 Å². The zero-order valence-electron chi connectivity index (χ0n) is 13.8. The van der Waals surface area contributed by atoms with Gasteiger partial charge in [0.15, 0.2) is 0 Å². The van der Waals surface area contributed by atoms with Gasteiger partial charge in [-0.3, -0.25) is 9.69 Å². The molecule has 1 atom stereocenters. The first-order valence-corrected chi connectivity index (χ1v) is 9.63. The maximum absolute atomic E-state index is 12.3. The summed E-state index contributed by atoms with van der Waals surface area (Å²) in [5.41, 5.74) is 7.63. The average molecular weight is 359 g/mol. The molecular formula is C18H21N3O3S. The number of fused-ring (bicyclic) bond motifs is 1. The lowest BCUT2D eigenvalue weighted by atomic mass is 9.92. The third-order valence-corrected chi connectivity index (χ3v) is 5.87. The fraction of sp³-hybridized carbons (Fsp3) is 0.278. The van der Waals surface area contributed by atoms with E-state index >= 15 is 0 Å². The van der Waals surface area contributed by atoms with Crippen molar-refractivity contribution in [1.82, 2.24) is 9.62 Å². The van der Waals surface area contributed by atoms with E-state index in [-0.39, 0.29) is 11.4 Å². The number of rotatable bonds is 6. The second-order valence-electron chi connectivity index (χ2n) is 6.00. The Morgan fingerprint density at radius 1 is 1.12 bits per heavy atom. The van der Waals surface area contributed by atoms with Crippen molar-refractivity contribution in [3.05, 3.63) is 65.7 Å².